The largest absolute Gasteiger partial charge is 0.326 e. The number of benzene rings is 1. The van der Waals surface area contributed by atoms with Crippen molar-refractivity contribution in [2.45, 2.75) is 31.6 Å². The van der Waals surface area contributed by atoms with Crippen molar-refractivity contribution in [2.24, 2.45) is 5.92 Å². The van der Waals surface area contributed by atoms with E-state index in [1.165, 1.54) is 22.5 Å². The maximum Gasteiger partial charge on any atom is 0.227 e. The molecule has 4 nitrogen and oxygen atoms in total. The number of carbonyl (C=O) groups is 1. The highest BCUT2D eigenvalue weighted by Gasteiger charge is 2.27. The van der Waals surface area contributed by atoms with Crippen LogP contribution in [0, 0.1) is 5.92 Å². The SMILES string of the molecule is O=C(Nc1ccc2nc(C3CC3)sc2c1)C1CCNCC1. The van der Waals surface area contributed by atoms with Crippen LogP contribution in [0.15, 0.2) is 18.2 Å². The Morgan fingerprint density at radius 2 is 2.05 bits per heavy atom. The van der Waals surface area contributed by atoms with E-state index in [9.17, 15) is 4.79 Å². The van der Waals surface area contributed by atoms with Crippen LogP contribution in [0.5, 0.6) is 0 Å². The smallest absolute Gasteiger partial charge is 0.227 e. The van der Waals surface area contributed by atoms with Gasteiger partial charge in [0, 0.05) is 17.5 Å². The van der Waals surface area contributed by atoms with Crippen LogP contribution in [0.1, 0.15) is 36.6 Å². The van der Waals surface area contributed by atoms with E-state index in [0.717, 1.165) is 37.1 Å². The summed E-state index contributed by atoms with van der Waals surface area (Å²) in [7, 11) is 0. The summed E-state index contributed by atoms with van der Waals surface area (Å²) in [6.45, 7) is 1.88. The van der Waals surface area contributed by atoms with Gasteiger partial charge in [-0.2, -0.15) is 0 Å². The van der Waals surface area contributed by atoms with Crippen molar-refractivity contribution in [3.8, 4) is 0 Å². The molecule has 1 aliphatic carbocycles. The minimum absolute atomic E-state index is 0.144. The molecule has 1 aliphatic heterocycles. The molecule has 1 amide bonds. The van der Waals surface area contributed by atoms with E-state index in [1.54, 1.807) is 11.3 Å². The first-order valence-corrected chi connectivity index (χ1v) is 8.53. The first kappa shape index (κ1) is 13.2. The Bertz CT molecular complexity index is 671. The molecule has 2 N–H and O–H groups in total. The second-order valence-corrected chi connectivity index (χ2v) is 7.08. The predicted octanol–water partition coefficient (Wildman–Crippen LogP) is 3.11. The summed E-state index contributed by atoms with van der Waals surface area (Å²) in [5.41, 5.74) is 1.96. The van der Waals surface area contributed by atoms with E-state index in [1.807, 2.05) is 12.1 Å². The summed E-state index contributed by atoms with van der Waals surface area (Å²) in [5, 5.41) is 7.62. The summed E-state index contributed by atoms with van der Waals surface area (Å²) in [6.07, 6.45) is 4.42. The van der Waals surface area contributed by atoms with Crippen molar-refractivity contribution in [3.63, 3.8) is 0 Å². The predicted molar refractivity (Wildman–Crippen MR) is 85.8 cm³/mol. The Morgan fingerprint density at radius 3 is 2.81 bits per heavy atom. The minimum Gasteiger partial charge on any atom is -0.326 e. The van der Waals surface area contributed by atoms with E-state index in [-0.39, 0.29) is 11.8 Å². The number of thiazole rings is 1. The number of fused-ring (bicyclic) bond motifs is 1. The van der Waals surface area contributed by atoms with Crippen LogP contribution >= 0.6 is 11.3 Å². The van der Waals surface area contributed by atoms with Crippen molar-refractivity contribution in [1.82, 2.24) is 10.3 Å². The Balaban J connectivity index is 1.51. The molecule has 2 heterocycles. The van der Waals surface area contributed by atoms with Crippen LogP contribution in [0.25, 0.3) is 10.2 Å². The van der Waals surface area contributed by atoms with Crippen molar-refractivity contribution < 1.29 is 4.79 Å². The molecule has 2 aromatic rings. The highest BCUT2D eigenvalue weighted by atomic mass is 32.1. The lowest BCUT2D eigenvalue weighted by Gasteiger charge is -2.21. The standard InChI is InChI=1S/C16H19N3OS/c20-15(10-5-7-17-8-6-10)18-12-3-4-13-14(9-12)21-16(19-13)11-1-2-11/h3-4,9-11,17H,1-2,5-8H2,(H,18,20). The van der Waals surface area contributed by atoms with Gasteiger partial charge in [-0.1, -0.05) is 0 Å². The zero-order valence-corrected chi connectivity index (χ0v) is 12.7. The average molecular weight is 301 g/mol. The quantitative estimate of drug-likeness (QED) is 0.916. The lowest BCUT2D eigenvalue weighted by Crippen LogP contribution is -2.34. The molecule has 1 saturated heterocycles. The zero-order chi connectivity index (χ0) is 14.2. The molecule has 1 aromatic carbocycles. The van der Waals surface area contributed by atoms with Gasteiger partial charge in [-0.05, 0) is 57.0 Å². The van der Waals surface area contributed by atoms with E-state index >= 15 is 0 Å². The third kappa shape index (κ3) is 2.80. The van der Waals surface area contributed by atoms with E-state index in [2.05, 4.69) is 21.7 Å². The molecule has 2 fully saturated rings. The van der Waals surface area contributed by atoms with Gasteiger partial charge in [0.25, 0.3) is 0 Å². The Kier molecular flexibility index (Phi) is 3.39. The van der Waals surface area contributed by atoms with Crippen molar-refractivity contribution >= 4 is 33.1 Å². The van der Waals surface area contributed by atoms with Gasteiger partial charge in [0.05, 0.1) is 15.2 Å². The van der Waals surface area contributed by atoms with E-state index in [0.29, 0.717) is 5.92 Å². The highest BCUT2D eigenvalue weighted by molar-refractivity contribution is 7.18. The van der Waals surface area contributed by atoms with Gasteiger partial charge in [0.1, 0.15) is 0 Å². The molecule has 2 aliphatic rings. The summed E-state index contributed by atoms with van der Waals surface area (Å²) < 4.78 is 1.18. The van der Waals surface area contributed by atoms with Crippen LogP contribution in [0.2, 0.25) is 0 Å². The molecule has 0 atom stereocenters. The molecule has 0 bridgehead atoms. The topological polar surface area (TPSA) is 54.0 Å². The van der Waals surface area contributed by atoms with Gasteiger partial charge < -0.3 is 10.6 Å². The van der Waals surface area contributed by atoms with Gasteiger partial charge in [-0.3, -0.25) is 4.79 Å². The van der Waals surface area contributed by atoms with Crippen molar-refractivity contribution in [2.75, 3.05) is 18.4 Å². The van der Waals surface area contributed by atoms with Crippen molar-refractivity contribution in [3.05, 3.63) is 23.2 Å². The van der Waals surface area contributed by atoms with Gasteiger partial charge >= 0.3 is 0 Å². The number of aromatic nitrogens is 1. The number of nitrogens with one attached hydrogen (secondary N) is 2. The fourth-order valence-electron chi connectivity index (χ4n) is 2.85. The van der Waals surface area contributed by atoms with E-state index < -0.39 is 0 Å². The molecule has 5 heteroatoms. The fourth-order valence-corrected chi connectivity index (χ4v) is 4.03. The van der Waals surface area contributed by atoms with E-state index in [4.69, 9.17) is 0 Å². The third-order valence-electron chi connectivity index (χ3n) is 4.31. The van der Waals surface area contributed by atoms with Gasteiger partial charge in [-0.25, -0.2) is 4.98 Å². The lowest BCUT2D eigenvalue weighted by atomic mass is 9.97. The van der Waals surface area contributed by atoms with Gasteiger partial charge in [0.15, 0.2) is 0 Å². The fraction of sp³-hybridized carbons (Fsp3) is 0.500. The highest BCUT2D eigenvalue weighted by Crippen LogP contribution is 2.43. The number of hydrogen-bond donors (Lipinski definition) is 2. The Morgan fingerprint density at radius 1 is 1.24 bits per heavy atom. The summed E-state index contributed by atoms with van der Waals surface area (Å²) in [5.74, 6) is 0.989. The monoisotopic (exact) mass is 301 g/mol. The molecule has 21 heavy (non-hydrogen) atoms. The minimum atomic E-state index is 0.144. The normalized spacial score (nSPS) is 19.8. The number of nitrogens with zero attached hydrogens (tertiary/aromatic N) is 1. The molecule has 1 saturated carbocycles. The second-order valence-electron chi connectivity index (χ2n) is 6.02. The number of anilines is 1. The van der Waals surface area contributed by atoms with Crippen LogP contribution in [-0.2, 0) is 4.79 Å². The van der Waals surface area contributed by atoms with Gasteiger partial charge in [0.2, 0.25) is 5.91 Å². The third-order valence-corrected chi connectivity index (χ3v) is 5.49. The Labute approximate surface area is 128 Å². The van der Waals surface area contributed by atoms with Crippen LogP contribution < -0.4 is 10.6 Å². The maximum absolute atomic E-state index is 12.3. The number of rotatable bonds is 3. The molecular formula is C16H19N3OS. The van der Waals surface area contributed by atoms with Gasteiger partial charge in [-0.15, -0.1) is 11.3 Å². The molecule has 1 aromatic heterocycles. The molecule has 4 rings (SSSR count). The summed E-state index contributed by atoms with van der Waals surface area (Å²) in [6, 6.07) is 6.06. The number of piperidine rings is 1. The zero-order valence-electron chi connectivity index (χ0n) is 11.9. The maximum atomic E-state index is 12.3. The molecular weight excluding hydrogens is 282 g/mol. The van der Waals surface area contributed by atoms with Crippen LogP contribution in [0.3, 0.4) is 0 Å². The molecule has 0 radical (unpaired) electrons. The lowest BCUT2D eigenvalue weighted by molar-refractivity contribution is -0.120. The van der Waals surface area contributed by atoms with Crippen LogP contribution in [-0.4, -0.2) is 24.0 Å². The Hall–Kier alpha value is -1.46. The summed E-state index contributed by atoms with van der Waals surface area (Å²) >= 11 is 1.77. The first-order valence-electron chi connectivity index (χ1n) is 7.72. The molecule has 0 unspecified atom stereocenters. The number of amides is 1. The van der Waals surface area contributed by atoms with Crippen LogP contribution in [0.4, 0.5) is 5.69 Å². The molecule has 0 spiro atoms. The number of carbonyl (C=O) groups excluding carboxylic acids is 1. The van der Waals surface area contributed by atoms with Crippen molar-refractivity contribution in [1.29, 1.82) is 0 Å². The average Bonchev–Trinajstić information content (AvgIpc) is 3.28. The molecule has 110 valence electrons. The second kappa shape index (κ2) is 5.39. The summed E-state index contributed by atoms with van der Waals surface area (Å²) in [4.78, 5) is 17.0. The number of hydrogen-bond acceptors (Lipinski definition) is 4. The first-order chi connectivity index (χ1) is 10.3.